The molecule has 1 fully saturated rings. The summed E-state index contributed by atoms with van der Waals surface area (Å²) in [6.07, 6.45) is 7.88. The molecule has 2 unspecified atom stereocenters. The zero-order valence-corrected chi connectivity index (χ0v) is 12.8. The zero-order chi connectivity index (χ0) is 14.0. The largest absolute Gasteiger partial charge is 0.490 e. The number of hydrogen-bond acceptors (Lipinski definition) is 2. The van der Waals surface area contributed by atoms with Crippen LogP contribution in [0, 0.1) is 5.41 Å². The average Bonchev–Trinajstić information content (AvgIpc) is 3.16. The summed E-state index contributed by atoms with van der Waals surface area (Å²) in [5.74, 6) is 1.10. The highest BCUT2D eigenvalue weighted by molar-refractivity contribution is 5.37. The van der Waals surface area contributed by atoms with E-state index in [0.717, 1.165) is 31.2 Å². The number of benzene rings is 1. The van der Waals surface area contributed by atoms with Gasteiger partial charge in [0.25, 0.3) is 0 Å². The van der Waals surface area contributed by atoms with Crippen LogP contribution in [0.25, 0.3) is 0 Å². The fraction of sp³-hybridized carbons (Fsp3) is 0.667. The summed E-state index contributed by atoms with van der Waals surface area (Å²) in [5.41, 5.74) is 1.75. The van der Waals surface area contributed by atoms with Crippen molar-refractivity contribution in [3.05, 3.63) is 29.8 Å². The first-order chi connectivity index (χ1) is 9.68. The molecule has 110 valence electrons. The van der Waals surface area contributed by atoms with Gasteiger partial charge in [-0.05, 0) is 42.7 Å². The van der Waals surface area contributed by atoms with E-state index in [2.05, 4.69) is 43.4 Å². The number of hydrogen-bond donors (Lipinski definition) is 1. The molecule has 0 spiro atoms. The maximum atomic E-state index is 6.14. The highest BCUT2D eigenvalue weighted by Gasteiger charge is 2.33. The number of para-hydroxylation sites is 1. The standard InChI is InChI=1S/C18H27NO/c1-3-10-18(2,13-19-15-8-9-15)12-16-11-14-6-4-5-7-17(14)20-16/h4-7,15-16,19H,3,8-13H2,1-2H3. The molecule has 1 N–H and O–H groups in total. The predicted molar refractivity (Wildman–Crippen MR) is 83.2 cm³/mol. The molecule has 20 heavy (non-hydrogen) atoms. The highest BCUT2D eigenvalue weighted by Crippen LogP contribution is 2.37. The molecule has 0 amide bonds. The molecular weight excluding hydrogens is 246 g/mol. The second kappa shape index (κ2) is 5.77. The van der Waals surface area contributed by atoms with Gasteiger partial charge in [-0.2, -0.15) is 0 Å². The second-order valence-electron chi connectivity index (χ2n) is 6.97. The maximum absolute atomic E-state index is 6.14. The quantitative estimate of drug-likeness (QED) is 0.812. The Morgan fingerprint density at radius 3 is 2.80 bits per heavy atom. The van der Waals surface area contributed by atoms with Crippen LogP contribution in [0.2, 0.25) is 0 Å². The molecule has 1 aromatic rings. The lowest BCUT2D eigenvalue weighted by atomic mass is 9.79. The van der Waals surface area contributed by atoms with Gasteiger partial charge >= 0.3 is 0 Å². The molecule has 0 radical (unpaired) electrons. The van der Waals surface area contributed by atoms with Gasteiger partial charge in [0.05, 0.1) is 0 Å². The van der Waals surface area contributed by atoms with Crippen molar-refractivity contribution in [1.82, 2.24) is 5.32 Å². The zero-order valence-electron chi connectivity index (χ0n) is 12.8. The summed E-state index contributed by atoms with van der Waals surface area (Å²) in [6.45, 7) is 5.86. The van der Waals surface area contributed by atoms with E-state index < -0.39 is 0 Å². The van der Waals surface area contributed by atoms with Crippen LogP contribution in [0.15, 0.2) is 24.3 Å². The van der Waals surface area contributed by atoms with E-state index in [9.17, 15) is 0 Å². The number of rotatable bonds is 7. The van der Waals surface area contributed by atoms with E-state index in [1.54, 1.807) is 0 Å². The summed E-state index contributed by atoms with van der Waals surface area (Å²) >= 11 is 0. The lowest BCUT2D eigenvalue weighted by Crippen LogP contribution is -2.37. The molecule has 2 atom stereocenters. The van der Waals surface area contributed by atoms with Crippen LogP contribution in [0.5, 0.6) is 5.75 Å². The Morgan fingerprint density at radius 2 is 2.10 bits per heavy atom. The predicted octanol–water partition coefficient (Wildman–Crippen LogP) is 3.94. The number of nitrogens with one attached hydrogen (secondary N) is 1. The first-order valence-corrected chi connectivity index (χ1v) is 8.16. The third-order valence-electron chi connectivity index (χ3n) is 4.68. The van der Waals surface area contributed by atoms with E-state index in [1.807, 2.05) is 0 Å². The monoisotopic (exact) mass is 273 g/mol. The molecule has 1 aliphatic heterocycles. The van der Waals surface area contributed by atoms with Crippen molar-refractivity contribution < 1.29 is 4.74 Å². The topological polar surface area (TPSA) is 21.3 Å². The molecule has 2 aliphatic rings. The fourth-order valence-corrected chi connectivity index (χ4v) is 3.46. The van der Waals surface area contributed by atoms with Crippen molar-refractivity contribution in [3.63, 3.8) is 0 Å². The van der Waals surface area contributed by atoms with Gasteiger partial charge in [0.1, 0.15) is 11.9 Å². The Labute approximate surface area is 122 Å². The maximum Gasteiger partial charge on any atom is 0.123 e. The van der Waals surface area contributed by atoms with Crippen LogP contribution in [0.1, 0.15) is 51.5 Å². The first-order valence-electron chi connectivity index (χ1n) is 8.16. The van der Waals surface area contributed by atoms with E-state index in [4.69, 9.17) is 4.74 Å². The van der Waals surface area contributed by atoms with Crippen molar-refractivity contribution in [2.45, 2.75) is 64.5 Å². The van der Waals surface area contributed by atoms with Crippen molar-refractivity contribution in [3.8, 4) is 5.75 Å². The minimum absolute atomic E-state index is 0.365. The average molecular weight is 273 g/mol. The molecule has 1 aliphatic carbocycles. The minimum Gasteiger partial charge on any atom is -0.490 e. The molecule has 0 bridgehead atoms. The minimum atomic E-state index is 0.365. The van der Waals surface area contributed by atoms with E-state index in [1.165, 1.54) is 31.2 Å². The van der Waals surface area contributed by atoms with Crippen LogP contribution in [0.4, 0.5) is 0 Å². The third kappa shape index (κ3) is 3.35. The third-order valence-corrected chi connectivity index (χ3v) is 4.68. The van der Waals surface area contributed by atoms with Gasteiger partial charge in [0.2, 0.25) is 0 Å². The van der Waals surface area contributed by atoms with Gasteiger partial charge in [-0.15, -0.1) is 0 Å². The molecule has 3 rings (SSSR count). The fourth-order valence-electron chi connectivity index (χ4n) is 3.46. The molecule has 1 aromatic carbocycles. The molecule has 2 heteroatoms. The van der Waals surface area contributed by atoms with Crippen molar-refractivity contribution in [1.29, 1.82) is 0 Å². The van der Waals surface area contributed by atoms with Gasteiger partial charge in [-0.3, -0.25) is 0 Å². The van der Waals surface area contributed by atoms with Gasteiger partial charge < -0.3 is 10.1 Å². The smallest absolute Gasteiger partial charge is 0.123 e. The molecular formula is C18H27NO. The number of ether oxygens (including phenoxy) is 1. The molecule has 0 aromatic heterocycles. The van der Waals surface area contributed by atoms with Crippen LogP contribution in [0.3, 0.4) is 0 Å². The molecule has 1 saturated carbocycles. The molecule has 2 nitrogen and oxygen atoms in total. The summed E-state index contributed by atoms with van der Waals surface area (Å²) in [6, 6.07) is 9.29. The Morgan fingerprint density at radius 1 is 1.30 bits per heavy atom. The van der Waals surface area contributed by atoms with E-state index >= 15 is 0 Å². The Bertz CT molecular complexity index is 429. The lowest BCUT2D eigenvalue weighted by molar-refractivity contribution is 0.135. The van der Waals surface area contributed by atoms with Crippen LogP contribution in [-0.4, -0.2) is 18.7 Å². The van der Waals surface area contributed by atoms with Gasteiger partial charge in [0, 0.05) is 19.0 Å². The lowest BCUT2D eigenvalue weighted by Gasteiger charge is -2.32. The summed E-state index contributed by atoms with van der Waals surface area (Å²) in [7, 11) is 0. The SMILES string of the molecule is CCCC(C)(CNC1CC1)CC1Cc2ccccc2O1. The summed E-state index contributed by atoms with van der Waals surface area (Å²) in [4.78, 5) is 0. The molecule has 1 heterocycles. The van der Waals surface area contributed by atoms with Crippen LogP contribution in [-0.2, 0) is 6.42 Å². The highest BCUT2D eigenvalue weighted by atomic mass is 16.5. The van der Waals surface area contributed by atoms with Crippen molar-refractivity contribution in [2.75, 3.05) is 6.54 Å². The Kier molecular flexibility index (Phi) is 4.02. The first kappa shape index (κ1) is 13.9. The summed E-state index contributed by atoms with van der Waals surface area (Å²) < 4.78 is 6.14. The van der Waals surface area contributed by atoms with E-state index in [-0.39, 0.29) is 0 Å². The van der Waals surface area contributed by atoms with Crippen LogP contribution >= 0.6 is 0 Å². The van der Waals surface area contributed by atoms with Gasteiger partial charge in [0.15, 0.2) is 0 Å². The van der Waals surface area contributed by atoms with Crippen molar-refractivity contribution >= 4 is 0 Å². The summed E-state index contributed by atoms with van der Waals surface area (Å²) in [5, 5.41) is 3.72. The van der Waals surface area contributed by atoms with Crippen molar-refractivity contribution in [2.24, 2.45) is 5.41 Å². The normalized spacial score (nSPS) is 24.0. The van der Waals surface area contributed by atoms with Crippen LogP contribution < -0.4 is 10.1 Å². The van der Waals surface area contributed by atoms with E-state index in [0.29, 0.717) is 11.5 Å². The Hall–Kier alpha value is -1.02. The van der Waals surface area contributed by atoms with Gasteiger partial charge in [-0.25, -0.2) is 0 Å². The Balaban J connectivity index is 1.59. The van der Waals surface area contributed by atoms with Gasteiger partial charge in [-0.1, -0.05) is 38.5 Å². The molecule has 0 saturated heterocycles. The number of fused-ring (bicyclic) bond motifs is 1. The second-order valence-corrected chi connectivity index (χ2v) is 6.97.